The molecule has 0 heterocycles. The lowest BCUT2D eigenvalue weighted by Crippen LogP contribution is -2.51. The van der Waals surface area contributed by atoms with Crippen molar-refractivity contribution in [1.29, 1.82) is 0 Å². The van der Waals surface area contributed by atoms with Gasteiger partial charge in [-0.25, -0.2) is 4.79 Å². The maximum atomic E-state index is 12.7. The Hall–Kier alpha value is -1.14. The molecule has 25 heavy (non-hydrogen) atoms. The highest BCUT2D eigenvalue weighted by molar-refractivity contribution is 6.74. The average molecular weight is 373 g/mol. The third-order valence-corrected chi connectivity index (χ3v) is 8.71. The van der Waals surface area contributed by atoms with E-state index in [0.717, 1.165) is 0 Å². The summed E-state index contributed by atoms with van der Waals surface area (Å²) in [6.45, 7) is 21.1. The molecule has 0 N–H and O–H groups in total. The molecule has 0 amide bonds. The molecule has 0 aromatic heterocycles. The summed E-state index contributed by atoms with van der Waals surface area (Å²) in [5.41, 5.74) is 0. The molecule has 5 nitrogen and oxygen atoms in total. The van der Waals surface area contributed by atoms with Crippen LogP contribution < -0.4 is 0 Å². The lowest BCUT2D eigenvalue weighted by Gasteiger charge is -2.40. The van der Waals surface area contributed by atoms with Gasteiger partial charge in [-0.1, -0.05) is 26.8 Å². The van der Waals surface area contributed by atoms with Crippen molar-refractivity contribution >= 4 is 20.3 Å². The topological polar surface area (TPSA) is 61.8 Å². The fourth-order valence-electron chi connectivity index (χ4n) is 1.93. The fourth-order valence-corrected chi connectivity index (χ4v) is 3.18. The molecule has 0 saturated carbocycles. The highest BCUT2D eigenvalue weighted by Gasteiger charge is 2.45. The van der Waals surface area contributed by atoms with Crippen molar-refractivity contribution in [3.8, 4) is 0 Å². The van der Waals surface area contributed by atoms with E-state index in [0.29, 0.717) is 0 Å². The van der Waals surface area contributed by atoms with Crippen LogP contribution in [0.4, 0.5) is 0 Å². The van der Waals surface area contributed by atoms with Crippen LogP contribution in [0.3, 0.4) is 0 Å². The second-order valence-electron chi connectivity index (χ2n) is 8.40. The van der Waals surface area contributed by atoms with Gasteiger partial charge in [0, 0.05) is 0 Å². The largest absolute Gasteiger partial charge is 0.463 e. The molecular weight excluding hydrogens is 336 g/mol. The Balaban J connectivity index is 5.76. The Bertz CT molecular complexity index is 463. The number of allylic oxidation sites excluding steroid dienone is 1. The number of hydrogen-bond donors (Lipinski definition) is 0. The Kier molecular flexibility index (Phi) is 9.09. The lowest BCUT2D eigenvalue weighted by atomic mass is 9.98. The SMILES string of the molecule is C=CC[C@@H](C(=O)OC(C)C)[C@@H](O[Si](C)(C)C(C)(C)C)C(=O)OC(C)C. The standard InChI is InChI=1S/C19H36O5Si/c1-11-12-15(17(20)22-13(2)3)16(18(21)23-14(4)5)24-25(9,10)19(6,7)8/h11,13-16H,1,12H2,2-10H3/t15-,16-/m1/s1. The molecular formula is C19H36O5Si. The minimum atomic E-state index is -2.30. The van der Waals surface area contributed by atoms with Gasteiger partial charge in [-0.05, 0) is 52.2 Å². The maximum absolute atomic E-state index is 12.7. The average Bonchev–Trinajstić information content (AvgIpc) is 2.39. The molecule has 0 aliphatic rings. The zero-order valence-electron chi connectivity index (χ0n) is 17.3. The molecule has 0 aromatic rings. The van der Waals surface area contributed by atoms with Crippen LogP contribution in [0.2, 0.25) is 18.1 Å². The van der Waals surface area contributed by atoms with E-state index in [1.165, 1.54) is 0 Å². The number of carbonyl (C=O) groups excluding carboxylic acids is 2. The summed E-state index contributed by atoms with van der Waals surface area (Å²) < 4.78 is 17.0. The quantitative estimate of drug-likeness (QED) is 0.339. The molecule has 0 rings (SSSR count). The van der Waals surface area contributed by atoms with E-state index >= 15 is 0 Å². The molecule has 0 radical (unpaired) electrons. The van der Waals surface area contributed by atoms with Gasteiger partial charge in [-0.15, -0.1) is 6.58 Å². The van der Waals surface area contributed by atoms with Crippen molar-refractivity contribution < 1.29 is 23.5 Å². The highest BCUT2D eigenvalue weighted by atomic mass is 28.4. The highest BCUT2D eigenvalue weighted by Crippen LogP contribution is 2.38. The van der Waals surface area contributed by atoms with Crippen molar-refractivity contribution in [1.82, 2.24) is 0 Å². The van der Waals surface area contributed by atoms with Gasteiger partial charge in [0.25, 0.3) is 0 Å². The van der Waals surface area contributed by atoms with E-state index in [4.69, 9.17) is 13.9 Å². The first-order valence-electron chi connectivity index (χ1n) is 8.92. The number of rotatable bonds is 9. The Morgan fingerprint density at radius 3 is 1.80 bits per heavy atom. The van der Waals surface area contributed by atoms with E-state index in [1.54, 1.807) is 33.8 Å². The lowest BCUT2D eigenvalue weighted by molar-refractivity contribution is -0.169. The Morgan fingerprint density at radius 1 is 1.00 bits per heavy atom. The monoisotopic (exact) mass is 372 g/mol. The van der Waals surface area contributed by atoms with E-state index in [9.17, 15) is 9.59 Å². The van der Waals surface area contributed by atoms with E-state index in [1.807, 2.05) is 13.1 Å². The summed E-state index contributed by atoms with van der Waals surface area (Å²) in [5.74, 6) is -1.74. The van der Waals surface area contributed by atoms with E-state index in [2.05, 4.69) is 27.4 Å². The van der Waals surface area contributed by atoms with Crippen molar-refractivity contribution in [2.24, 2.45) is 5.92 Å². The molecule has 6 heteroatoms. The second-order valence-corrected chi connectivity index (χ2v) is 13.2. The fraction of sp³-hybridized carbons (Fsp3) is 0.789. The van der Waals surface area contributed by atoms with Gasteiger partial charge in [0.05, 0.1) is 18.1 Å². The minimum Gasteiger partial charge on any atom is -0.463 e. The molecule has 146 valence electrons. The van der Waals surface area contributed by atoms with Gasteiger partial charge in [-0.3, -0.25) is 4.79 Å². The van der Waals surface area contributed by atoms with Gasteiger partial charge in [0.1, 0.15) is 0 Å². The minimum absolute atomic E-state index is 0.107. The summed E-state index contributed by atoms with van der Waals surface area (Å²) in [6.07, 6.45) is 0.347. The molecule has 0 aliphatic carbocycles. The molecule has 0 saturated heterocycles. The third kappa shape index (κ3) is 7.73. The predicted molar refractivity (Wildman–Crippen MR) is 103 cm³/mol. The molecule has 0 spiro atoms. The number of carbonyl (C=O) groups is 2. The summed E-state index contributed by atoms with van der Waals surface area (Å²) in [4.78, 5) is 25.3. The van der Waals surface area contributed by atoms with Crippen LogP contribution in [0.15, 0.2) is 12.7 Å². The summed E-state index contributed by atoms with van der Waals surface area (Å²) in [5, 5.41) is -0.107. The molecule has 0 fully saturated rings. The van der Waals surface area contributed by atoms with E-state index < -0.39 is 32.3 Å². The van der Waals surface area contributed by atoms with Gasteiger partial charge in [-0.2, -0.15) is 0 Å². The number of esters is 2. The first-order valence-corrected chi connectivity index (χ1v) is 11.8. The van der Waals surface area contributed by atoms with Crippen molar-refractivity contribution in [2.75, 3.05) is 0 Å². The van der Waals surface area contributed by atoms with Gasteiger partial charge in [0.15, 0.2) is 14.4 Å². The maximum Gasteiger partial charge on any atom is 0.335 e. The van der Waals surface area contributed by atoms with Crippen molar-refractivity contribution in [3.63, 3.8) is 0 Å². The Labute approximate surface area is 154 Å². The van der Waals surface area contributed by atoms with Crippen LogP contribution >= 0.6 is 0 Å². The first-order chi connectivity index (χ1) is 11.2. The van der Waals surface area contributed by atoms with Crippen LogP contribution in [0.5, 0.6) is 0 Å². The van der Waals surface area contributed by atoms with Crippen molar-refractivity contribution in [3.05, 3.63) is 12.7 Å². The van der Waals surface area contributed by atoms with Crippen LogP contribution in [0.1, 0.15) is 54.9 Å². The van der Waals surface area contributed by atoms with Gasteiger partial charge < -0.3 is 13.9 Å². The van der Waals surface area contributed by atoms with Crippen LogP contribution in [-0.4, -0.2) is 38.6 Å². The number of hydrogen-bond acceptors (Lipinski definition) is 5. The summed E-state index contributed by atoms with van der Waals surface area (Å²) in [7, 11) is -2.30. The molecule has 2 atom stereocenters. The molecule has 0 aliphatic heterocycles. The predicted octanol–water partition coefficient (Wildman–Crippen LogP) is 4.47. The zero-order chi connectivity index (χ0) is 20.0. The summed E-state index contributed by atoms with van der Waals surface area (Å²) >= 11 is 0. The van der Waals surface area contributed by atoms with Gasteiger partial charge in [0.2, 0.25) is 0 Å². The van der Waals surface area contributed by atoms with Crippen molar-refractivity contribution in [2.45, 2.75) is 91.3 Å². The second kappa shape index (κ2) is 9.53. The first kappa shape index (κ1) is 23.9. The Morgan fingerprint density at radius 2 is 1.44 bits per heavy atom. The number of ether oxygens (including phenoxy) is 2. The van der Waals surface area contributed by atoms with Crippen LogP contribution in [0.25, 0.3) is 0 Å². The molecule has 0 bridgehead atoms. The van der Waals surface area contributed by atoms with Crippen LogP contribution in [0, 0.1) is 5.92 Å². The van der Waals surface area contributed by atoms with Gasteiger partial charge >= 0.3 is 11.9 Å². The molecule has 0 aromatic carbocycles. The summed E-state index contributed by atoms with van der Waals surface area (Å²) in [6, 6.07) is 0. The molecule has 0 unspecified atom stereocenters. The zero-order valence-corrected chi connectivity index (χ0v) is 18.3. The van der Waals surface area contributed by atoms with E-state index in [-0.39, 0.29) is 23.7 Å². The normalized spacial score (nSPS) is 15.0. The smallest absolute Gasteiger partial charge is 0.335 e. The third-order valence-electron chi connectivity index (χ3n) is 4.25. The van der Waals surface area contributed by atoms with Crippen LogP contribution in [-0.2, 0) is 23.5 Å².